The first-order valence-electron chi connectivity index (χ1n) is 5.58. The molecule has 1 aromatic heterocycles. The van der Waals surface area contributed by atoms with Gasteiger partial charge in [-0.2, -0.15) is 0 Å². The highest BCUT2D eigenvalue weighted by Gasteiger charge is 2.20. The molecule has 1 amide bonds. The quantitative estimate of drug-likeness (QED) is 0.806. The van der Waals surface area contributed by atoms with Gasteiger partial charge < -0.3 is 14.7 Å². The van der Waals surface area contributed by atoms with Crippen LogP contribution in [-0.4, -0.2) is 42.1 Å². The number of carbonyl (C=O) groups excluding carboxylic acids is 1. The van der Waals surface area contributed by atoms with Gasteiger partial charge in [0.25, 0.3) is 5.91 Å². The summed E-state index contributed by atoms with van der Waals surface area (Å²) in [7, 11) is 2.10. The van der Waals surface area contributed by atoms with Gasteiger partial charge in [0.1, 0.15) is 0 Å². The lowest BCUT2D eigenvalue weighted by Gasteiger charge is -2.29. The van der Waals surface area contributed by atoms with Gasteiger partial charge >= 0.3 is 0 Å². The van der Waals surface area contributed by atoms with Gasteiger partial charge in [0.15, 0.2) is 0 Å². The highest BCUT2D eigenvalue weighted by atomic mass is 16.5. The number of carbonyl (C=O) groups is 1. The number of rotatable bonds is 2. The van der Waals surface area contributed by atoms with Gasteiger partial charge in [-0.25, -0.2) is 0 Å². The van der Waals surface area contributed by atoms with Crippen LogP contribution in [0, 0.1) is 6.92 Å². The van der Waals surface area contributed by atoms with E-state index in [-0.39, 0.29) is 11.9 Å². The molecule has 0 spiro atoms. The van der Waals surface area contributed by atoms with E-state index in [0.29, 0.717) is 5.76 Å². The van der Waals surface area contributed by atoms with Crippen LogP contribution < -0.4 is 5.32 Å². The normalized spacial score (nSPS) is 18.6. The summed E-state index contributed by atoms with van der Waals surface area (Å²) in [5, 5.41) is 6.67. The molecule has 1 N–H and O–H groups in total. The lowest BCUT2D eigenvalue weighted by Crippen LogP contribution is -2.43. The third-order valence-electron chi connectivity index (χ3n) is 2.91. The molecule has 0 unspecified atom stereocenters. The number of piperidine rings is 1. The van der Waals surface area contributed by atoms with Gasteiger partial charge in [-0.15, -0.1) is 0 Å². The van der Waals surface area contributed by atoms with E-state index in [0.717, 1.165) is 31.6 Å². The van der Waals surface area contributed by atoms with Crippen LogP contribution in [0.4, 0.5) is 0 Å². The zero-order valence-corrected chi connectivity index (χ0v) is 9.69. The molecule has 2 rings (SSSR count). The van der Waals surface area contributed by atoms with Gasteiger partial charge in [-0.05, 0) is 39.9 Å². The zero-order valence-electron chi connectivity index (χ0n) is 9.69. The summed E-state index contributed by atoms with van der Waals surface area (Å²) < 4.78 is 4.92. The predicted octanol–water partition coefficient (Wildman–Crippen LogP) is 0.807. The summed E-state index contributed by atoms with van der Waals surface area (Å²) in [4.78, 5) is 14.0. The van der Waals surface area contributed by atoms with Crippen molar-refractivity contribution in [2.45, 2.75) is 25.8 Å². The van der Waals surface area contributed by atoms with E-state index in [1.165, 1.54) is 0 Å². The summed E-state index contributed by atoms with van der Waals surface area (Å²) >= 11 is 0. The van der Waals surface area contributed by atoms with Crippen LogP contribution in [0.3, 0.4) is 0 Å². The van der Waals surface area contributed by atoms with Crippen molar-refractivity contribution in [3.8, 4) is 0 Å². The molecule has 1 saturated heterocycles. The lowest BCUT2D eigenvalue weighted by atomic mass is 10.1. The van der Waals surface area contributed by atoms with Crippen LogP contribution in [0.2, 0.25) is 0 Å². The second-order valence-electron chi connectivity index (χ2n) is 4.38. The van der Waals surface area contributed by atoms with Crippen molar-refractivity contribution < 1.29 is 9.32 Å². The van der Waals surface area contributed by atoms with E-state index in [4.69, 9.17) is 4.52 Å². The Morgan fingerprint density at radius 1 is 1.56 bits per heavy atom. The van der Waals surface area contributed by atoms with E-state index >= 15 is 0 Å². The van der Waals surface area contributed by atoms with Gasteiger partial charge in [-0.1, -0.05) is 5.16 Å². The Bertz CT molecular complexity index is 367. The van der Waals surface area contributed by atoms with E-state index in [1.807, 2.05) is 0 Å². The molecule has 0 saturated carbocycles. The molecule has 0 aliphatic carbocycles. The molecule has 16 heavy (non-hydrogen) atoms. The van der Waals surface area contributed by atoms with Crippen LogP contribution in [0.5, 0.6) is 0 Å². The molecule has 5 nitrogen and oxygen atoms in total. The second kappa shape index (κ2) is 4.65. The molecule has 0 aromatic carbocycles. The molecular formula is C11H17N3O2. The molecule has 0 atom stereocenters. The number of hydrogen-bond acceptors (Lipinski definition) is 4. The molecule has 1 fully saturated rings. The Labute approximate surface area is 94.8 Å². The minimum absolute atomic E-state index is 0.157. The van der Waals surface area contributed by atoms with Crippen molar-refractivity contribution in [2.24, 2.45) is 0 Å². The maximum atomic E-state index is 11.7. The minimum atomic E-state index is -0.157. The number of nitrogens with zero attached hydrogens (tertiary/aromatic N) is 2. The first-order chi connectivity index (χ1) is 7.65. The molecular weight excluding hydrogens is 206 g/mol. The standard InChI is InChI=1S/C11H17N3O2/c1-8-7-10(16-13-8)11(15)12-9-3-5-14(2)6-4-9/h7,9H,3-6H2,1-2H3,(H,12,15). The van der Waals surface area contributed by atoms with Crippen LogP contribution >= 0.6 is 0 Å². The Morgan fingerprint density at radius 2 is 2.25 bits per heavy atom. The summed E-state index contributed by atoms with van der Waals surface area (Å²) in [5.74, 6) is 0.145. The predicted molar refractivity (Wildman–Crippen MR) is 59.2 cm³/mol. The minimum Gasteiger partial charge on any atom is -0.351 e. The Morgan fingerprint density at radius 3 is 2.81 bits per heavy atom. The number of likely N-dealkylation sites (tertiary alicyclic amines) is 1. The highest BCUT2D eigenvalue weighted by Crippen LogP contribution is 2.10. The second-order valence-corrected chi connectivity index (χ2v) is 4.38. The fourth-order valence-corrected chi connectivity index (χ4v) is 1.88. The van der Waals surface area contributed by atoms with Crippen molar-refractivity contribution in [3.05, 3.63) is 17.5 Å². The molecule has 0 radical (unpaired) electrons. The van der Waals surface area contributed by atoms with Crippen LogP contribution in [0.25, 0.3) is 0 Å². The van der Waals surface area contributed by atoms with Gasteiger partial charge in [-0.3, -0.25) is 4.79 Å². The topological polar surface area (TPSA) is 58.4 Å². The van der Waals surface area contributed by atoms with Gasteiger partial charge in [0.2, 0.25) is 5.76 Å². The summed E-state index contributed by atoms with van der Waals surface area (Å²) in [6, 6.07) is 1.92. The first kappa shape index (κ1) is 11.1. The van der Waals surface area contributed by atoms with E-state index in [2.05, 4.69) is 22.4 Å². The monoisotopic (exact) mass is 223 g/mol. The molecule has 88 valence electrons. The van der Waals surface area contributed by atoms with E-state index < -0.39 is 0 Å². The first-order valence-corrected chi connectivity index (χ1v) is 5.58. The number of nitrogens with one attached hydrogen (secondary N) is 1. The Balaban J connectivity index is 1.88. The maximum absolute atomic E-state index is 11.7. The van der Waals surface area contributed by atoms with Crippen molar-refractivity contribution in [1.82, 2.24) is 15.4 Å². The summed E-state index contributed by atoms with van der Waals surface area (Å²) in [6.45, 7) is 3.86. The Hall–Kier alpha value is -1.36. The molecule has 1 aromatic rings. The Kier molecular flexibility index (Phi) is 3.24. The van der Waals surface area contributed by atoms with Gasteiger partial charge in [0, 0.05) is 12.1 Å². The number of hydrogen-bond donors (Lipinski definition) is 1. The fourth-order valence-electron chi connectivity index (χ4n) is 1.88. The van der Waals surface area contributed by atoms with Crippen molar-refractivity contribution >= 4 is 5.91 Å². The molecule has 1 aliphatic rings. The largest absolute Gasteiger partial charge is 0.351 e. The van der Waals surface area contributed by atoms with Gasteiger partial charge in [0.05, 0.1) is 5.69 Å². The average molecular weight is 223 g/mol. The van der Waals surface area contributed by atoms with Crippen molar-refractivity contribution in [1.29, 1.82) is 0 Å². The highest BCUT2D eigenvalue weighted by molar-refractivity contribution is 5.91. The number of aryl methyl sites for hydroxylation is 1. The van der Waals surface area contributed by atoms with Crippen LogP contribution in [0.1, 0.15) is 29.1 Å². The van der Waals surface area contributed by atoms with Crippen molar-refractivity contribution in [2.75, 3.05) is 20.1 Å². The third kappa shape index (κ3) is 2.61. The maximum Gasteiger partial charge on any atom is 0.290 e. The van der Waals surface area contributed by atoms with E-state index in [9.17, 15) is 4.79 Å². The summed E-state index contributed by atoms with van der Waals surface area (Å²) in [6.07, 6.45) is 1.99. The zero-order chi connectivity index (χ0) is 11.5. The number of aromatic nitrogens is 1. The van der Waals surface area contributed by atoms with Crippen LogP contribution in [-0.2, 0) is 0 Å². The average Bonchev–Trinajstić information content (AvgIpc) is 2.68. The molecule has 1 aliphatic heterocycles. The molecule has 2 heterocycles. The lowest BCUT2D eigenvalue weighted by molar-refractivity contribution is 0.0879. The SMILES string of the molecule is Cc1cc(C(=O)NC2CCN(C)CC2)on1. The van der Waals surface area contributed by atoms with E-state index in [1.54, 1.807) is 13.0 Å². The molecule has 5 heteroatoms. The number of amides is 1. The fraction of sp³-hybridized carbons (Fsp3) is 0.636. The molecule has 0 bridgehead atoms. The van der Waals surface area contributed by atoms with Crippen LogP contribution in [0.15, 0.2) is 10.6 Å². The van der Waals surface area contributed by atoms with Crippen molar-refractivity contribution in [3.63, 3.8) is 0 Å². The smallest absolute Gasteiger partial charge is 0.290 e. The third-order valence-corrected chi connectivity index (χ3v) is 2.91. The summed E-state index contributed by atoms with van der Waals surface area (Å²) in [5.41, 5.74) is 0.730.